The SMILES string of the molecule is COc1cc(C(C)=O)ccc1OCC(=O)N1CCN(c2ccc(Cl)cc2)CC1. The summed E-state index contributed by atoms with van der Waals surface area (Å²) in [5.41, 5.74) is 1.64. The average molecular weight is 403 g/mol. The number of piperazine rings is 1. The largest absolute Gasteiger partial charge is 0.493 e. The Morgan fingerprint density at radius 3 is 2.29 bits per heavy atom. The summed E-state index contributed by atoms with van der Waals surface area (Å²) in [4.78, 5) is 28.0. The molecule has 0 spiro atoms. The van der Waals surface area contributed by atoms with E-state index < -0.39 is 0 Å². The Bertz CT molecular complexity index is 846. The van der Waals surface area contributed by atoms with E-state index in [1.54, 1.807) is 23.1 Å². The third-order valence-electron chi connectivity index (χ3n) is 4.75. The second kappa shape index (κ2) is 8.97. The van der Waals surface area contributed by atoms with Crippen LogP contribution >= 0.6 is 11.6 Å². The minimum Gasteiger partial charge on any atom is -0.493 e. The zero-order valence-corrected chi connectivity index (χ0v) is 16.7. The van der Waals surface area contributed by atoms with E-state index in [0.29, 0.717) is 35.2 Å². The molecule has 0 unspecified atom stereocenters. The molecule has 28 heavy (non-hydrogen) atoms. The highest BCUT2D eigenvalue weighted by Gasteiger charge is 2.22. The Hall–Kier alpha value is -2.73. The molecule has 7 heteroatoms. The van der Waals surface area contributed by atoms with Gasteiger partial charge in [0.15, 0.2) is 23.9 Å². The van der Waals surface area contributed by atoms with Crippen LogP contribution in [0, 0.1) is 0 Å². The lowest BCUT2D eigenvalue weighted by atomic mass is 10.1. The first-order valence-corrected chi connectivity index (χ1v) is 9.46. The third kappa shape index (κ3) is 4.75. The van der Waals surface area contributed by atoms with Gasteiger partial charge in [0.2, 0.25) is 0 Å². The van der Waals surface area contributed by atoms with Gasteiger partial charge in [-0.15, -0.1) is 0 Å². The Labute approximate surface area is 169 Å². The molecule has 0 N–H and O–H groups in total. The molecule has 0 radical (unpaired) electrons. The summed E-state index contributed by atoms with van der Waals surface area (Å²) in [7, 11) is 1.50. The van der Waals surface area contributed by atoms with Gasteiger partial charge in [-0.2, -0.15) is 0 Å². The second-order valence-corrected chi connectivity index (χ2v) is 6.99. The number of Topliss-reactive ketones (excluding diaryl/α,β-unsaturated/α-hetero) is 1. The highest BCUT2D eigenvalue weighted by Crippen LogP contribution is 2.28. The zero-order valence-electron chi connectivity index (χ0n) is 16.0. The molecule has 2 aromatic carbocycles. The molecule has 1 heterocycles. The van der Waals surface area contributed by atoms with Crippen LogP contribution in [0.3, 0.4) is 0 Å². The van der Waals surface area contributed by atoms with E-state index in [4.69, 9.17) is 21.1 Å². The van der Waals surface area contributed by atoms with Gasteiger partial charge in [-0.25, -0.2) is 0 Å². The van der Waals surface area contributed by atoms with Gasteiger partial charge in [0, 0.05) is 42.5 Å². The highest BCUT2D eigenvalue weighted by molar-refractivity contribution is 6.30. The van der Waals surface area contributed by atoms with E-state index in [-0.39, 0.29) is 18.3 Å². The monoisotopic (exact) mass is 402 g/mol. The van der Waals surface area contributed by atoms with Crippen molar-refractivity contribution in [2.75, 3.05) is 44.8 Å². The van der Waals surface area contributed by atoms with E-state index >= 15 is 0 Å². The summed E-state index contributed by atoms with van der Waals surface area (Å²) in [6.07, 6.45) is 0. The van der Waals surface area contributed by atoms with Crippen molar-refractivity contribution in [2.24, 2.45) is 0 Å². The zero-order chi connectivity index (χ0) is 20.1. The number of carbonyl (C=O) groups excluding carboxylic acids is 2. The fourth-order valence-corrected chi connectivity index (χ4v) is 3.23. The van der Waals surface area contributed by atoms with E-state index in [2.05, 4.69) is 4.90 Å². The van der Waals surface area contributed by atoms with Crippen molar-refractivity contribution < 1.29 is 19.1 Å². The lowest BCUT2D eigenvalue weighted by molar-refractivity contribution is -0.133. The normalized spacial score (nSPS) is 14.0. The molecule has 6 nitrogen and oxygen atoms in total. The molecule has 0 aliphatic carbocycles. The highest BCUT2D eigenvalue weighted by atomic mass is 35.5. The molecule has 1 aliphatic heterocycles. The number of ether oxygens (including phenoxy) is 2. The lowest BCUT2D eigenvalue weighted by Crippen LogP contribution is -2.50. The number of hydrogen-bond acceptors (Lipinski definition) is 5. The van der Waals surface area contributed by atoms with Crippen molar-refractivity contribution in [1.82, 2.24) is 4.90 Å². The summed E-state index contributed by atoms with van der Waals surface area (Å²) in [6.45, 7) is 4.18. The van der Waals surface area contributed by atoms with Crippen LogP contribution < -0.4 is 14.4 Å². The predicted octanol–water partition coefficient (Wildman–Crippen LogP) is 3.28. The van der Waals surface area contributed by atoms with Crippen molar-refractivity contribution in [3.63, 3.8) is 0 Å². The van der Waals surface area contributed by atoms with Gasteiger partial charge in [-0.05, 0) is 49.4 Å². The molecule has 3 rings (SSSR count). The number of hydrogen-bond donors (Lipinski definition) is 0. The van der Waals surface area contributed by atoms with Crippen molar-refractivity contribution in [1.29, 1.82) is 0 Å². The third-order valence-corrected chi connectivity index (χ3v) is 5.00. The van der Waals surface area contributed by atoms with Crippen LogP contribution in [-0.2, 0) is 4.79 Å². The summed E-state index contributed by atoms with van der Waals surface area (Å²) >= 11 is 5.94. The average Bonchev–Trinajstić information content (AvgIpc) is 2.72. The van der Waals surface area contributed by atoms with Crippen LogP contribution in [0.1, 0.15) is 17.3 Å². The summed E-state index contributed by atoms with van der Waals surface area (Å²) in [5.74, 6) is 0.752. The van der Waals surface area contributed by atoms with Gasteiger partial charge in [-0.3, -0.25) is 9.59 Å². The van der Waals surface area contributed by atoms with Crippen LogP contribution in [-0.4, -0.2) is 56.5 Å². The van der Waals surface area contributed by atoms with E-state index in [1.165, 1.54) is 14.0 Å². The summed E-state index contributed by atoms with van der Waals surface area (Å²) in [5, 5.41) is 0.710. The molecule has 0 saturated carbocycles. The molecule has 0 aromatic heterocycles. The number of methoxy groups -OCH3 is 1. The fourth-order valence-electron chi connectivity index (χ4n) is 3.10. The van der Waals surface area contributed by atoms with Crippen molar-refractivity contribution >= 4 is 29.0 Å². The maximum absolute atomic E-state index is 12.5. The molecular formula is C21H23ClN2O4. The predicted molar refractivity (Wildman–Crippen MR) is 109 cm³/mol. The first-order valence-electron chi connectivity index (χ1n) is 9.08. The molecule has 1 aliphatic rings. The van der Waals surface area contributed by atoms with E-state index in [0.717, 1.165) is 18.8 Å². The van der Waals surface area contributed by atoms with Gasteiger partial charge in [0.1, 0.15) is 0 Å². The Morgan fingerprint density at radius 1 is 1.00 bits per heavy atom. The Balaban J connectivity index is 1.53. The van der Waals surface area contributed by atoms with Gasteiger partial charge in [0.05, 0.1) is 7.11 Å². The standard InChI is InChI=1S/C21H23ClN2O4/c1-15(25)16-3-8-19(20(13-16)27-2)28-14-21(26)24-11-9-23(10-12-24)18-6-4-17(22)5-7-18/h3-8,13H,9-12,14H2,1-2H3. The molecule has 0 atom stereocenters. The van der Waals surface area contributed by atoms with Crippen molar-refractivity contribution in [3.8, 4) is 11.5 Å². The molecule has 1 saturated heterocycles. The number of anilines is 1. The van der Waals surface area contributed by atoms with Crippen molar-refractivity contribution in [2.45, 2.75) is 6.92 Å². The second-order valence-electron chi connectivity index (χ2n) is 6.55. The van der Waals surface area contributed by atoms with Gasteiger partial charge in [-0.1, -0.05) is 11.6 Å². The summed E-state index contributed by atoms with van der Waals surface area (Å²) in [6, 6.07) is 12.6. The molecule has 148 valence electrons. The molecule has 2 aromatic rings. The number of halogens is 1. The quantitative estimate of drug-likeness (QED) is 0.694. The van der Waals surface area contributed by atoms with Gasteiger partial charge < -0.3 is 19.3 Å². The number of amides is 1. The number of ketones is 1. The van der Waals surface area contributed by atoms with Gasteiger partial charge >= 0.3 is 0 Å². The summed E-state index contributed by atoms with van der Waals surface area (Å²) < 4.78 is 10.9. The number of rotatable bonds is 6. The van der Waals surface area contributed by atoms with Crippen LogP contribution in [0.15, 0.2) is 42.5 Å². The lowest BCUT2D eigenvalue weighted by Gasteiger charge is -2.36. The fraction of sp³-hybridized carbons (Fsp3) is 0.333. The molecule has 0 bridgehead atoms. The Morgan fingerprint density at radius 2 is 1.68 bits per heavy atom. The van der Waals surface area contributed by atoms with Crippen molar-refractivity contribution in [3.05, 3.63) is 53.1 Å². The smallest absolute Gasteiger partial charge is 0.260 e. The molecular weight excluding hydrogens is 380 g/mol. The van der Waals surface area contributed by atoms with Crippen LogP contribution in [0.4, 0.5) is 5.69 Å². The number of benzene rings is 2. The molecule has 1 amide bonds. The topological polar surface area (TPSA) is 59.1 Å². The first-order chi connectivity index (χ1) is 13.5. The minimum absolute atomic E-state index is 0.0560. The maximum Gasteiger partial charge on any atom is 0.260 e. The van der Waals surface area contributed by atoms with E-state index in [9.17, 15) is 9.59 Å². The Kier molecular flexibility index (Phi) is 6.41. The van der Waals surface area contributed by atoms with Crippen LogP contribution in [0.2, 0.25) is 5.02 Å². The van der Waals surface area contributed by atoms with Gasteiger partial charge in [0.25, 0.3) is 5.91 Å². The molecule has 1 fully saturated rings. The minimum atomic E-state index is -0.0755. The number of nitrogens with zero attached hydrogens (tertiary/aromatic N) is 2. The van der Waals surface area contributed by atoms with Crippen LogP contribution in [0.5, 0.6) is 11.5 Å². The van der Waals surface area contributed by atoms with Crippen LogP contribution in [0.25, 0.3) is 0 Å². The first kappa shape index (κ1) is 20.0. The number of carbonyl (C=O) groups is 2. The maximum atomic E-state index is 12.5. The van der Waals surface area contributed by atoms with E-state index in [1.807, 2.05) is 24.3 Å².